The summed E-state index contributed by atoms with van der Waals surface area (Å²) in [4.78, 5) is 13.1. The van der Waals surface area contributed by atoms with Gasteiger partial charge in [-0.1, -0.05) is 60.2 Å². The van der Waals surface area contributed by atoms with Crippen molar-refractivity contribution in [2.24, 2.45) is 0 Å². The fourth-order valence-corrected chi connectivity index (χ4v) is 5.28. The number of amides is 1. The van der Waals surface area contributed by atoms with Gasteiger partial charge in [-0.3, -0.25) is 14.4 Å². The molecule has 0 spiro atoms. The zero-order chi connectivity index (χ0) is 22.8. The minimum atomic E-state index is -3.71. The van der Waals surface area contributed by atoms with E-state index in [0.717, 1.165) is 28.5 Å². The van der Waals surface area contributed by atoms with Crippen LogP contribution in [0, 0.1) is 20.8 Å². The van der Waals surface area contributed by atoms with E-state index in [0.29, 0.717) is 22.2 Å². The molecule has 164 valence electrons. The molecule has 0 unspecified atom stereocenters. The Hall–Kier alpha value is -2.78. The minimum absolute atomic E-state index is 0.301. The first-order valence-corrected chi connectivity index (χ1v) is 12.5. The van der Waals surface area contributed by atoms with Gasteiger partial charge in [-0.05, 0) is 44.4 Å². The lowest BCUT2D eigenvalue weighted by Gasteiger charge is -2.31. The molecule has 9 heteroatoms. The largest absolute Gasteiger partial charge is 0.299 e. The number of benzene rings is 2. The van der Waals surface area contributed by atoms with Crippen molar-refractivity contribution >= 4 is 38.1 Å². The molecule has 0 saturated carbocycles. The number of aromatic nitrogens is 2. The Balaban J connectivity index is 1.89. The lowest BCUT2D eigenvalue weighted by molar-refractivity contribution is -0.117. The molecule has 0 aliphatic heterocycles. The summed E-state index contributed by atoms with van der Waals surface area (Å²) in [5.74, 6) is -0.444. The van der Waals surface area contributed by atoms with Crippen molar-refractivity contribution in [3.05, 3.63) is 59.2 Å². The Morgan fingerprint density at radius 2 is 1.71 bits per heavy atom. The summed E-state index contributed by atoms with van der Waals surface area (Å²) in [5.41, 5.74) is 4.24. The summed E-state index contributed by atoms with van der Waals surface area (Å²) in [6.07, 6.45) is 1.42. The molecule has 0 fully saturated rings. The van der Waals surface area contributed by atoms with Crippen molar-refractivity contribution < 1.29 is 13.2 Å². The maximum Gasteiger partial charge on any atom is 0.250 e. The highest BCUT2D eigenvalue weighted by molar-refractivity contribution is 7.92. The zero-order valence-electron chi connectivity index (χ0n) is 18.2. The van der Waals surface area contributed by atoms with Crippen molar-refractivity contribution in [1.29, 1.82) is 0 Å². The lowest BCUT2D eigenvalue weighted by Crippen LogP contribution is -2.47. The Labute approximate surface area is 187 Å². The van der Waals surface area contributed by atoms with Crippen LogP contribution in [0.15, 0.2) is 42.5 Å². The number of carbonyl (C=O) groups is 1. The Morgan fingerprint density at radius 1 is 1.06 bits per heavy atom. The number of anilines is 2. The fraction of sp³-hybridized carbons (Fsp3) is 0.318. The standard InChI is InChI=1S/C22H26N4O3S2/c1-6-18(26(31(5,28)29)19-13-15(3)7-10-16(19)4)20(27)23-22-25-24-21(30-22)17-11-8-14(2)9-12-17/h7-13,18H,6H2,1-5H3,(H,23,25,27)/t18-/m0/s1. The van der Waals surface area contributed by atoms with Crippen LogP contribution in [-0.4, -0.2) is 36.8 Å². The second kappa shape index (κ2) is 9.15. The average Bonchev–Trinajstić information content (AvgIpc) is 3.16. The molecule has 0 saturated heterocycles. The molecule has 3 aromatic rings. The van der Waals surface area contributed by atoms with E-state index < -0.39 is 22.0 Å². The molecule has 7 nitrogen and oxygen atoms in total. The van der Waals surface area contributed by atoms with E-state index in [1.54, 1.807) is 13.0 Å². The molecule has 1 heterocycles. The third kappa shape index (κ3) is 5.29. The molecule has 0 aliphatic rings. The van der Waals surface area contributed by atoms with Crippen molar-refractivity contribution in [2.45, 2.75) is 40.2 Å². The summed E-state index contributed by atoms with van der Waals surface area (Å²) in [6, 6.07) is 12.5. The van der Waals surface area contributed by atoms with Crippen LogP contribution in [0.4, 0.5) is 10.8 Å². The van der Waals surface area contributed by atoms with Gasteiger partial charge in [-0.15, -0.1) is 10.2 Å². The molecule has 1 N–H and O–H groups in total. The van der Waals surface area contributed by atoms with Crippen LogP contribution in [0.1, 0.15) is 30.0 Å². The van der Waals surface area contributed by atoms with Crippen molar-refractivity contribution in [1.82, 2.24) is 10.2 Å². The van der Waals surface area contributed by atoms with E-state index >= 15 is 0 Å². The second-order valence-electron chi connectivity index (χ2n) is 7.54. The normalized spacial score (nSPS) is 12.4. The number of hydrogen-bond acceptors (Lipinski definition) is 6. The predicted molar refractivity (Wildman–Crippen MR) is 126 cm³/mol. The van der Waals surface area contributed by atoms with Gasteiger partial charge >= 0.3 is 0 Å². The van der Waals surface area contributed by atoms with E-state index in [1.807, 2.05) is 57.2 Å². The van der Waals surface area contributed by atoms with Gasteiger partial charge in [0.2, 0.25) is 21.1 Å². The van der Waals surface area contributed by atoms with Crippen LogP contribution in [0.3, 0.4) is 0 Å². The SMILES string of the molecule is CC[C@@H](C(=O)Nc1nnc(-c2ccc(C)cc2)s1)N(c1cc(C)ccc1C)S(C)(=O)=O. The second-order valence-corrected chi connectivity index (χ2v) is 10.4. The van der Waals surface area contributed by atoms with Gasteiger partial charge in [-0.2, -0.15) is 0 Å². The third-order valence-electron chi connectivity index (χ3n) is 4.89. The van der Waals surface area contributed by atoms with Crippen molar-refractivity contribution in [3.8, 4) is 10.6 Å². The van der Waals surface area contributed by atoms with Crippen molar-refractivity contribution in [2.75, 3.05) is 15.9 Å². The van der Waals surface area contributed by atoms with Crippen LogP contribution >= 0.6 is 11.3 Å². The van der Waals surface area contributed by atoms with Gasteiger partial charge in [0.25, 0.3) is 0 Å². The zero-order valence-corrected chi connectivity index (χ0v) is 19.8. The number of nitrogens with zero attached hydrogens (tertiary/aromatic N) is 3. The number of sulfonamides is 1. The summed E-state index contributed by atoms with van der Waals surface area (Å²) in [7, 11) is -3.71. The minimum Gasteiger partial charge on any atom is -0.299 e. The Morgan fingerprint density at radius 3 is 2.32 bits per heavy atom. The maximum atomic E-state index is 13.1. The highest BCUT2D eigenvalue weighted by atomic mass is 32.2. The number of aryl methyl sites for hydroxylation is 3. The van der Waals surface area contributed by atoms with Gasteiger partial charge < -0.3 is 0 Å². The summed E-state index contributed by atoms with van der Waals surface area (Å²) in [6.45, 7) is 7.50. The lowest BCUT2D eigenvalue weighted by atomic mass is 10.1. The van der Waals surface area contributed by atoms with Crippen LogP contribution in [-0.2, 0) is 14.8 Å². The summed E-state index contributed by atoms with van der Waals surface area (Å²) < 4.78 is 26.6. The van der Waals surface area contributed by atoms with Gasteiger partial charge in [0.1, 0.15) is 11.0 Å². The third-order valence-corrected chi connectivity index (χ3v) is 6.94. The number of nitrogens with one attached hydrogen (secondary N) is 1. The topological polar surface area (TPSA) is 92.3 Å². The Bertz CT molecular complexity index is 1190. The number of carbonyl (C=O) groups excluding carboxylic acids is 1. The smallest absolute Gasteiger partial charge is 0.250 e. The van der Waals surface area contributed by atoms with E-state index in [1.165, 1.54) is 15.6 Å². The number of hydrogen-bond donors (Lipinski definition) is 1. The van der Waals surface area contributed by atoms with Crippen LogP contribution in [0.25, 0.3) is 10.6 Å². The molecular formula is C22H26N4O3S2. The van der Waals surface area contributed by atoms with Gasteiger partial charge in [0.15, 0.2) is 0 Å². The quantitative estimate of drug-likeness (QED) is 0.569. The van der Waals surface area contributed by atoms with Gasteiger partial charge in [-0.25, -0.2) is 8.42 Å². The monoisotopic (exact) mass is 458 g/mol. The first-order chi connectivity index (χ1) is 14.6. The predicted octanol–water partition coefficient (Wildman–Crippen LogP) is 4.31. The van der Waals surface area contributed by atoms with E-state index in [-0.39, 0.29) is 0 Å². The molecule has 0 radical (unpaired) electrons. The number of rotatable bonds is 7. The van der Waals surface area contributed by atoms with Gasteiger partial charge in [0.05, 0.1) is 11.9 Å². The van der Waals surface area contributed by atoms with Crippen molar-refractivity contribution in [3.63, 3.8) is 0 Å². The molecule has 0 bridgehead atoms. The summed E-state index contributed by atoms with van der Waals surface area (Å²) in [5, 5.41) is 12.0. The fourth-order valence-electron chi connectivity index (χ4n) is 3.27. The maximum absolute atomic E-state index is 13.1. The molecule has 1 amide bonds. The van der Waals surface area contributed by atoms with Gasteiger partial charge in [0, 0.05) is 5.56 Å². The van der Waals surface area contributed by atoms with E-state index in [4.69, 9.17) is 0 Å². The first kappa shape index (κ1) is 22.9. The van der Waals surface area contributed by atoms with Crippen LogP contribution in [0.2, 0.25) is 0 Å². The molecular weight excluding hydrogens is 432 g/mol. The van der Waals surface area contributed by atoms with Crippen LogP contribution in [0.5, 0.6) is 0 Å². The highest BCUT2D eigenvalue weighted by Crippen LogP contribution is 2.30. The molecule has 3 rings (SSSR count). The molecule has 1 aromatic heterocycles. The van der Waals surface area contributed by atoms with E-state index in [9.17, 15) is 13.2 Å². The van der Waals surface area contributed by atoms with Crippen LogP contribution < -0.4 is 9.62 Å². The Kier molecular flexibility index (Phi) is 6.76. The highest BCUT2D eigenvalue weighted by Gasteiger charge is 2.33. The first-order valence-electron chi connectivity index (χ1n) is 9.88. The van der Waals surface area contributed by atoms with E-state index in [2.05, 4.69) is 15.5 Å². The molecule has 0 aliphatic carbocycles. The molecule has 31 heavy (non-hydrogen) atoms. The molecule has 2 aromatic carbocycles. The summed E-state index contributed by atoms with van der Waals surface area (Å²) >= 11 is 1.25. The molecule has 1 atom stereocenters. The average molecular weight is 459 g/mol.